The summed E-state index contributed by atoms with van der Waals surface area (Å²) in [7, 11) is 0. The van der Waals surface area contributed by atoms with Crippen molar-refractivity contribution >= 4 is 17.2 Å². The molecule has 9 heteroatoms. The lowest BCUT2D eigenvalue weighted by atomic mass is 9.97. The van der Waals surface area contributed by atoms with Gasteiger partial charge >= 0.3 is 0 Å². The maximum absolute atomic E-state index is 12.6. The molecule has 0 bridgehead atoms. The SMILES string of the molecule is Cc1cnc(CNC(=O)[C@H]2C[C@]3(CO2)CN(Cc2sc(C)nc2C)CCO3)nc1. The number of nitrogens with one attached hydrogen (secondary N) is 1. The zero-order chi connectivity index (χ0) is 20.4. The molecule has 156 valence electrons. The summed E-state index contributed by atoms with van der Waals surface area (Å²) in [6.45, 7) is 9.90. The Morgan fingerprint density at radius 2 is 2.14 bits per heavy atom. The van der Waals surface area contributed by atoms with Gasteiger partial charge in [-0.25, -0.2) is 15.0 Å². The largest absolute Gasteiger partial charge is 0.370 e. The summed E-state index contributed by atoms with van der Waals surface area (Å²) >= 11 is 1.75. The predicted molar refractivity (Wildman–Crippen MR) is 109 cm³/mol. The number of ether oxygens (including phenoxy) is 2. The highest BCUT2D eigenvalue weighted by Gasteiger charge is 2.46. The molecular formula is C20H27N5O3S. The molecule has 8 nitrogen and oxygen atoms in total. The first-order valence-corrected chi connectivity index (χ1v) is 10.7. The third-order valence-corrected chi connectivity index (χ3v) is 6.40. The molecule has 0 unspecified atom stereocenters. The summed E-state index contributed by atoms with van der Waals surface area (Å²) in [5.41, 5.74) is 1.67. The Morgan fingerprint density at radius 1 is 1.34 bits per heavy atom. The molecule has 2 atom stereocenters. The van der Waals surface area contributed by atoms with Gasteiger partial charge in [-0.1, -0.05) is 0 Å². The van der Waals surface area contributed by atoms with Crippen LogP contribution >= 0.6 is 11.3 Å². The van der Waals surface area contributed by atoms with E-state index in [0.717, 1.165) is 35.9 Å². The molecule has 29 heavy (non-hydrogen) atoms. The van der Waals surface area contributed by atoms with E-state index in [0.29, 0.717) is 32.0 Å². The van der Waals surface area contributed by atoms with E-state index in [-0.39, 0.29) is 5.91 Å². The fourth-order valence-electron chi connectivity index (χ4n) is 3.86. The van der Waals surface area contributed by atoms with Gasteiger partial charge < -0.3 is 14.8 Å². The van der Waals surface area contributed by atoms with Gasteiger partial charge in [-0.15, -0.1) is 11.3 Å². The normalized spacial score (nSPS) is 24.9. The molecule has 1 N–H and O–H groups in total. The predicted octanol–water partition coefficient (Wildman–Crippen LogP) is 1.53. The molecule has 1 spiro atoms. The maximum atomic E-state index is 12.6. The third-order valence-electron chi connectivity index (χ3n) is 5.35. The first-order chi connectivity index (χ1) is 13.9. The van der Waals surface area contributed by atoms with E-state index >= 15 is 0 Å². The van der Waals surface area contributed by atoms with E-state index in [1.807, 2.05) is 13.8 Å². The smallest absolute Gasteiger partial charge is 0.249 e. The molecule has 2 saturated heterocycles. The zero-order valence-electron chi connectivity index (χ0n) is 17.1. The average Bonchev–Trinajstić information content (AvgIpc) is 3.24. The molecule has 2 aromatic rings. The van der Waals surface area contributed by atoms with E-state index in [1.165, 1.54) is 4.88 Å². The quantitative estimate of drug-likeness (QED) is 0.789. The second-order valence-corrected chi connectivity index (χ2v) is 9.17. The number of morpholine rings is 1. The minimum atomic E-state index is -0.507. The second kappa shape index (κ2) is 8.43. The number of hydrogen-bond acceptors (Lipinski definition) is 8. The van der Waals surface area contributed by atoms with Crippen molar-refractivity contribution in [2.45, 2.75) is 52.0 Å². The van der Waals surface area contributed by atoms with Gasteiger partial charge in [-0.05, 0) is 26.3 Å². The highest BCUT2D eigenvalue weighted by molar-refractivity contribution is 7.11. The Labute approximate surface area is 174 Å². The Bertz CT molecular complexity index is 872. The van der Waals surface area contributed by atoms with Crippen LogP contribution in [0.25, 0.3) is 0 Å². The second-order valence-electron chi connectivity index (χ2n) is 7.88. The Hall–Kier alpha value is -1.94. The fraction of sp³-hybridized carbons (Fsp3) is 0.600. The van der Waals surface area contributed by atoms with E-state index in [9.17, 15) is 4.79 Å². The lowest BCUT2D eigenvalue weighted by molar-refractivity contribution is -0.130. The maximum Gasteiger partial charge on any atom is 0.249 e. The van der Waals surface area contributed by atoms with Crippen molar-refractivity contribution in [3.8, 4) is 0 Å². The molecule has 2 fully saturated rings. The Kier molecular flexibility index (Phi) is 5.91. The monoisotopic (exact) mass is 417 g/mol. The van der Waals surface area contributed by atoms with Crippen LogP contribution in [0.4, 0.5) is 0 Å². The van der Waals surface area contributed by atoms with Crippen LogP contribution < -0.4 is 5.32 Å². The van der Waals surface area contributed by atoms with Crippen LogP contribution in [-0.4, -0.2) is 63.8 Å². The third kappa shape index (κ3) is 4.80. The van der Waals surface area contributed by atoms with Crippen molar-refractivity contribution in [1.82, 2.24) is 25.2 Å². The number of carbonyl (C=O) groups is 1. The standard InChI is InChI=1S/C20H27N5O3S/c1-13-7-21-18(22-8-13)9-23-19(26)16-6-20(12-27-16)11-25(4-5-28-20)10-17-14(2)24-15(3)29-17/h7-8,16H,4-6,9-12H2,1-3H3,(H,23,26)/t16-,20-/m1/s1. The van der Waals surface area contributed by atoms with Gasteiger partial charge in [0.1, 0.15) is 17.5 Å². The van der Waals surface area contributed by atoms with Gasteiger partial charge in [0, 0.05) is 43.3 Å². The molecule has 0 radical (unpaired) electrons. The molecule has 0 saturated carbocycles. The fourth-order valence-corrected chi connectivity index (χ4v) is 4.84. The van der Waals surface area contributed by atoms with Crippen molar-refractivity contribution in [1.29, 1.82) is 0 Å². The number of carbonyl (C=O) groups excluding carboxylic acids is 1. The summed E-state index contributed by atoms with van der Waals surface area (Å²) in [6.07, 6.45) is 3.54. The summed E-state index contributed by atoms with van der Waals surface area (Å²) in [6, 6.07) is 0. The summed E-state index contributed by atoms with van der Waals surface area (Å²) < 4.78 is 11.9. The van der Waals surface area contributed by atoms with E-state index in [4.69, 9.17) is 9.47 Å². The van der Waals surface area contributed by atoms with Crippen LogP contribution in [0.3, 0.4) is 0 Å². The summed E-state index contributed by atoms with van der Waals surface area (Å²) in [5.74, 6) is 0.452. The number of nitrogens with zero attached hydrogens (tertiary/aromatic N) is 4. The highest BCUT2D eigenvalue weighted by atomic mass is 32.1. The van der Waals surface area contributed by atoms with Crippen molar-refractivity contribution < 1.29 is 14.3 Å². The minimum absolute atomic E-state index is 0.138. The number of thiazole rings is 1. The van der Waals surface area contributed by atoms with Crippen LogP contribution in [0.1, 0.15) is 33.4 Å². The minimum Gasteiger partial charge on any atom is -0.370 e. The molecule has 2 aliphatic heterocycles. The number of amides is 1. The number of aryl methyl sites for hydroxylation is 3. The molecule has 0 aliphatic carbocycles. The molecule has 4 rings (SSSR count). The topological polar surface area (TPSA) is 89.5 Å². The molecular weight excluding hydrogens is 390 g/mol. The Balaban J connectivity index is 1.32. The zero-order valence-corrected chi connectivity index (χ0v) is 17.9. The number of hydrogen-bond donors (Lipinski definition) is 1. The lowest BCUT2D eigenvalue weighted by Crippen LogP contribution is -2.52. The van der Waals surface area contributed by atoms with Gasteiger partial charge in [0.25, 0.3) is 0 Å². The van der Waals surface area contributed by atoms with Crippen LogP contribution in [0.5, 0.6) is 0 Å². The van der Waals surface area contributed by atoms with Crippen LogP contribution in [0.15, 0.2) is 12.4 Å². The Morgan fingerprint density at radius 3 is 2.86 bits per heavy atom. The average molecular weight is 418 g/mol. The molecule has 4 heterocycles. The van der Waals surface area contributed by atoms with Crippen LogP contribution in [0.2, 0.25) is 0 Å². The first-order valence-electron chi connectivity index (χ1n) is 9.88. The van der Waals surface area contributed by atoms with Crippen molar-refractivity contribution in [2.75, 3.05) is 26.3 Å². The number of aromatic nitrogens is 3. The van der Waals surface area contributed by atoms with E-state index < -0.39 is 11.7 Å². The van der Waals surface area contributed by atoms with Gasteiger partial charge in [0.05, 0.1) is 30.5 Å². The van der Waals surface area contributed by atoms with Crippen molar-refractivity contribution in [3.63, 3.8) is 0 Å². The van der Waals surface area contributed by atoms with Gasteiger partial charge in [0.15, 0.2) is 0 Å². The molecule has 0 aromatic carbocycles. The highest BCUT2D eigenvalue weighted by Crippen LogP contribution is 2.32. The van der Waals surface area contributed by atoms with Crippen LogP contribution in [-0.2, 0) is 27.4 Å². The van der Waals surface area contributed by atoms with Gasteiger partial charge in [-0.2, -0.15) is 0 Å². The van der Waals surface area contributed by atoms with E-state index in [2.05, 4.69) is 32.1 Å². The first kappa shape index (κ1) is 20.3. The summed E-state index contributed by atoms with van der Waals surface area (Å²) in [5, 5.41) is 3.98. The molecule has 2 aliphatic rings. The van der Waals surface area contributed by atoms with E-state index in [1.54, 1.807) is 23.7 Å². The van der Waals surface area contributed by atoms with Crippen LogP contribution in [0, 0.1) is 20.8 Å². The lowest BCUT2D eigenvalue weighted by Gasteiger charge is -2.39. The summed E-state index contributed by atoms with van der Waals surface area (Å²) in [4.78, 5) is 29.2. The van der Waals surface area contributed by atoms with Crippen molar-refractivity contribution in [2.24, 2.45) is 0 Å². The van der Waals surface area contributed by atoms with Crippen molar-refractivity contribution in [3.05, 3.63) is 39.4 Å². The van der Waals surface area contributed by atoms with Gasteiger partial charge in [0.2, 0.25) is 5.91 Å². The molecule has 2 aromatic heterocycles. The van der Waals surface area contributed by atoms with Gasteiger partial charge in [-0.3, -0.25) is 9.69 Å². The number of rotatable bonds is 5. The molecule has 1 amide bonds.